The van der Waals surface area contributed by atoms with Gasteiger partial charge in [-0.05, 0) is 28.2 Å². The van der Waals surface area contributed by atoms with Crippen molar-refractivity contribution in [1.82, 2.24) is 0 Å². The maximum Gasteiger partial charge on any atom is 0.0977 e. The fourth-order valence-electron chi connectivity index (χ4n) is 2.98. The highest BCUT2D eigenvalue weighted by Crippen LogP contribution is 2.37. The van der Waals surface area contributed by atoms with E-state index in [4.69, 9.17) is 0 Å². The summed E-state index contributed by atoms with van der Waals surface area (Å²) in [5, 5.41) is 10.9. The van der Waals surface area contributed by atoms with E-state index in [0.717, 1.165) is 18.4 Å². The normalized spacial score (nSPS) is 16.6. The van der Waals surface area contributed by atoms with Crippen LogP contribution in [0.2, 0.25) is 0 Å². The van der Waals surface area contributed by atoms with Gasteiger partial charge in [-0.25, -0.2) is 0 Å². The lowest BCUT2D eigenvalue weighted by Gasteiger charge is -2.23. The highest BCUT2D eigenvalue weighted by molar-refractivity contribution is 5.40. The Morgan fingerprint density at radius 2 is 1.42 bits per heavy atom. The van der Waals surface area contributed by atoms with Gasteiger partial charge in [0.1, 0.15) is 0 Å². The monoisotopic (exact) mass is 252 g/mol. The molecule has 19 heavy (non-hydrogen) atoms. The molecule has 0 saturated heterocycles. The minimum atomic E-state index is -0.723. The molecular formula is C18H20O. The molecule has 3 rings (SSSR count). The van der Waals surface area contributed by atoms with Gasteiger partial charge in [-0.3, -0.25) is 0 Å². The van der Waals surface area contributed by atoms with Crippen LogP contribution in [0.3, 0.4) is 0 Å². The van der Waals surface area contributed by atoms with E-state index in [9.17, 15) is 5.11 Å². The number of rotatable bonds is 2. The number of aliphatic hydroxyl groups is 1. The van der Waals surface area contributed by atoms with Crippen molar-refractivity contribution in [2.45, 2.75) is 38.2 Å². The molecule has 0 unspecified atom stereocenters. The van der Waals surface area contributed by atoms with E-state index < -0.39 is 5.60 Å². The molecular weight excluding hydrogens is 232 g/mol. The highest BCUT2D eigenvalue weighted by atomic mass is 16.3. The van der Waals surface area contributed by atoms with Gasteiger partial charge in [0.15, 0.2) is 0 Å². The van der Waals surface area contributed by atoms with Gasteiger partial charge < -0.3 is 5.11 Å². The Kier molecular flexibility index (Phi) is 2.94. The molecule has 1 heteroatoms. The van der Waals surface area contributed by atoms with Crippen LogP contribution in [0.5, 0.6) is 0 Å². The molecule has 1 nitrogen and oxygen atoms in total. The van der Waals surface area contributed by atoms with Crippen LogP contribution in [0.15, 0.2) is 48.5 Å². The summed E-state index contributed by atoms with van der Waals surface area (Å²) in [6, 6.07) is 16.8. The van der Waals surface area contributed by atoms with Crippen molar-refractivity contribution in [3.8, 4) is 0 Å². The van der Waals surface area contributed by atoms with Crippen LogP contribution in [0.25, 0.3) is 0 Å². The van der Waals surface area contributed by atoms with Gasteiger partial charge in [0.2, 0.25) is 0 Å². The molecule has 0 radical (unpaired) electrons. The van der Waals surface area contributed by atoms with E-state index in [2.05, 4.69) is 50.2 Å². The summed E-state index contributed by atoms with van der Waals surface area (Å²) in [6.45, 7) is 4.38. The molecule has 2 aromatic carbocycles. The van der Waals surface area contributed by atoms with Crippen molar-refractivity contribution in [2.75, 3.05) is 0 Å². The van der Waals surface area contributed by atoms with Crippen LogP contribution in [-0.4, -0.2) is 5.11 Å². The average molecular weight is 252 g/mol. The molecule has 0 amide bonds. The standard InChI is InChI=1S/C18H20O/c1-13(2)14-7-9-17(10-8-14)18(19)11-15-5-3-4-6-16(15)12-18/h3-10,13,19H,11-12H2,1-2H3. The van der Waals surface area contributed by atoms with Gasteiger partial charge in [-0.1, -0.05) is 62.4 Å². The maximum absolute atomic E-state index is 10.9. The molecule has 98 valence electrons. The number of hydrogen-bond donors (Lipinski definition) is 1. The molecule has 0 aromatic heterocycles. The van der Waals surface area contributed by atoms with Crippen LogP contribution >= 0.6 is 0 Å². The van der Waals surface area contributed by atoms with Gasteiger partial charge in [0.25, 0.3) is 0 Å². The molecule has 0 atom stereocenters. The molecule has 0 aliphatic heterocycles. The summed E-state index contributed by atoms with van der Waals surface area (Å²) >= 11 is 0. The van der Waals surface area contributed by atoms with E-state index in [-0.39, 0.29) is 0 Å². The van der Waals surface area contributed by atoms with Crippen LogP contribution in [-0.2, 0) is 18.4 Å². The zero-order valence-electron chi connectivity index (χ0n) is 11.6. The van der Waals surface area contributed by atoms with Crippen molar-refractivity contribution in [2.24, 2.45) is 0 Å². The Labute approximate surface area is 114 Å². The fraction of sp³-hybridized carbons (Fsp3) is 0.333. The predicted molar refractivity (Wildman–Crippen MR) is 78.3 cm³/mol. The first-order valence-electron chi connectivity index (χ1n) is 6.98. The summed E-state index contributed by atoms with van der Waals surface area (Å²) in [6.07, 6.45) is 1.45. The van der Waals surface area contributed by atoms with E-state index in [1.54, 1.807) is 0 Å². The third-order valence-electron chi connectivity index (χ3n) is 4.20. The summed E-state index contributed by atoms with van der Waals surface area (Å²) in [4.78, 5) is 0. The lowest BCUT2D eigenvalue weighted by atomic mass is 9.89. The molecule has 0 fully saturated rings. The first-order chi connectivity index (χ1) is 9.08. The van der Waals surface area contributed by atoms with Crippen molar-refractivity contribution in [1.29, 1.82) is 0 Å². The summed E-state index contributed by atoms with van der Waals surface area (Å²) in [5.41, 5.74) is 4.19. The summed E-state index contributed by atoms with van der Waals surface area (Å²) in [5.74, 6) is 0.532. The lowest BCUT2D eigenvalue weighted by Crippen LogP contribution is -2.26. The molecule has 0 spiro atoms. The molecule has 2 aromatic rings. The van der Waals surface area contributed by atoms with Crippen LogP contribution in [0, 0.1) is 0 Å². The number of fused-ring (bicyclic) bond motifs is 1. The van der Waals surface area contributed by atoms with E-state index in [1.165, 1.54) is 16.7 Å². The first kappa shape index (κ1) is 12.4. The molecule has 1 aliphatic rings. The van der Waals surface area contributed by atoms with Gasteiger partial charge in [0, 0.05) is 12.8 Å². The molecule has 0 bridgehead atoms. The van der Waals surface area contributed by atoms with E-state index in [1.807, 2.05) is 12.1 Å². The molecule has 0 heterocycles. The summed E-state index contributed by atoms with van der Waals surface area (Å²) in [7, 11) is 0. The molecule has 1 aliphatic carbocycles. The SMILES string of the molecule is CC(C)c1ccc(C2(O)Cc3ccccc3C2)cc1. The Morgan fingerprint density at radius 3 is 1.89 bits per heavy atom. The largest absolute Gasteiger partial charge is 0.384 e. The number of benzene rings is 2. The highest BCUT2D eigenvalue weighted by Gasteiger charge is 2.36. The number of hydrogen-bond acceptors (Lipinski definition) is 1. The minimum absolute atomic E-state index is 0.532. The van der Waals surface area contributed by atoms with Gasteiger partial charge >= 0.3 is 0 Å². The van der Waals surface area contributed by atoms with E-state index in [0.29, 0.717) is 5.92 Å². The van der Waals surface area contributed by atoms with E-state index >= 15 is 0 Å². The zero-order chi connectivity index (χ0) is 13.5. The second kappa shape index (κ2) is 4.50. The van der Waals surface area contributed by atoms with Gasteiger partial charge in [-0.2, -0.15) is 0 Å². The lowest BCUT2D eigenvalue weighted by molar-refractivity contribution is 0.0482. The second-order valence-corrected chi connectivity index (χ2v) is 5.93. The Hall–Kier alpha value is -1.60. The van der Waals surface area contributed by atoms with Crippen LogP contribution in [0.4, 0.5) is 0 Å². The quantitative estimate of drug-likeness (QED) is 0.862. The van der Waals surface area contributed by atoms with Gasteiger partial charge in [0.05, 0.1) is 5.60 Å². The van der Waals surface area contributed by atoms with Crippen LogP contribution < -0.4 is 0 Å². The zero-order valence-corrected chi connectivity index (χ0v) is 11.6. The predicted octanol–water partition coefficient (Wildman–Crippen LogP) is 3.80. The van der Waals surface area contributed by atoms with Crippen molar-refractivity contribution in [3.05, 3.63) is 70.8 Å². The Morgan fingerprint density at radius 1 is 0.895 bits per heavy atom. The minimum Gasteiger partial charge on any atom is -0.384 e. The smallest absolute Gasteiger partial charge is 0.0977 e. The summed E-state index contributed by atoms with van der Waals surface area (Å²) < 4.78 is 0. The van der Waals surface area contributed by atoms with Crippen LogP contribution in [0.1, 0.15) is 42.0 Å². The topological polar surface area (TPSA) is 20.2 Å². The van der Waals surface area contributed by atoms with Crippen molar-refractivity contribution < 1.29 is 5.11 Å². The maximum atomic E-state index is 10.9. The van der Waals surface area contributed by atoms with Crippen molar-refractivity contribution >= 4 is 0 Å². The molecule has 1 N–H and O–H groups in total. The van der Waals surface area contributed by atoms with Gasteiger partial charge in [-0.15, -0.1) is 0 Å². The Balaban J connectivity index is 1.91. The average Bonchev–Trinajstić information content (AvgIpc) is 2.76. The first-order valence-corrected chi connectivity index (χ1v) is 6.98. The fourth-order valence-corrected chi connectivity index (χ4v) is 2.98. The van der Waals surface area contributed by atoms with Crippen molar-refractivity contribution in [3.63, 3.8) is 0 Å². The third kappa shape index (κ3) is 2.19. The molecule has 0 saturated carbocycles. The third-order valence-corrected chi connectivity index (χ3v) is 4.20. The second-order valence-electron chi connectivity index (χ2n) is 5.93. The Bertz CT molecular complexity index is 556.